The lowest BCUT2D eigenvalue weighted by Crippen LogP contribution is -2.39. The van der Waals surface area contributed by atoms with Crippen LogP contribution in [0.1, 0.15) is 25.3 Å². The third-order valence-electron chi connectivity index (χ3n) is 5.74. The molecule has 1 fully saturated rings. The van der Waals surface area contributed by atoms with Crippen LogP contribution < -0.4 is 14.8 Å². The molecule has 3 rings (SSSR count). The molecule has 0 spiro atoms. The molecule has 34 heavy (non-hydrogen) atoms. The first-order valence-electron chi connectivity index (χ1n) is 10.8. The Kier molecular flexibility index (Phi) is 8.45. The average molecular weight is 498 g/mol. The Morgan fingerprint density at radius 2 is 1.76 bits per heavy atom. The van der Waals surface area contributed by atoms with Gasteiger partial charge in [-0.2, -0.15) is 13.1 Å². The van der Waals surface area contributed by atoms with E-state index in [9.17, 15) is 22.0 Å². The highest BCUT2D eigenvalue weighted by Gasteiger charge is 2.27. The van der Waals surface area contributed by atoms with E-state index in [1.165, 1.54) is 29.6 Å². The average Bonchev–Trinajstić information content (AvgIpc) is 3.35. The number of ether oxygens (including phenoxy) is 2. The molecular formula is C23H29F2N3O5S. The van der Waals surface area contributed by atoms with E-state index >= 15 is 0 Å². The fraction of sp³-hybridized carbons (Fsp3) is 0.435. The number of rotatable bonds is 10. The fourth-order valence-corrected chi connectivity index (χ4v) is 5.18. The van der Waals surface area contributed by atoms with Crippen LogP contribution in [0.5, 0.6) is 11.5 Å². The number of amides is 1. The smallest absolute Gasteiger partial charge is 0.387 e. The first-order valence-corrected chi connectivity index (χ1v) is 12.3. The second-order valence-corrected chi connectivity index (χ2v) is 10.0. The van der Waals surface area contributed by atoms with E-state index in [-0.39, 0.29) is 22.3 Å². The highest BCUT2D eigenvalue weighted by Crippen LogP contribution is 2.30. The van der Waals surface area contributed by atoms with E-state index in [4.69, 9.17) is 4.74 Å². The van der Waals surface area contributed by atoms with Crippen LogP contribution >= 0.6 is 0 Å². The van der Waals surface area contributed by atoms with E-state index in [0.717, 1.165) is 18.4 Å². The maximum Gasteiger partial charge on any atom is 0.387 e. The zero-order valence-corrected chi connectivity index (χ0v) is 20.1. The van der Waals surface area contributed by atoms with E-state index in [1.54, 1.807) is 43.1 Å². The highest BCUT2D eigenvalue weighted by molar-refractivity contribution is 7.89. The molecule has 1 aliphatic heterocycles. The van der Waals surface area contributed by atoms with Gasteiger partial charge < -0.3 is 14.8 Å². The zero-order chi connectivity index (χ0) is 24.9. The van der Waals surface area contributed by atoms with Crippen molar-refractivity contribution in [2.45, 2.75) is 43.9 Å². The standard InChI is InChI=1S/C23H29F2N3O5S/c1-16(27(2)15-17-6-11-20(33-23(24)25)21(14-17)32-3)22(29)26-18-7-9-19(10-8-18)34(30,31)28-12-4-5-13-28/h6-11,14,16,23H,4-5,12-13,15H2,1-3H3,(H,26,29)/t16-/m1/s1. The number of benzene rings is 2. The molecule has 0 radical (unpaired) electrons. The van der Waals surface area contributed by atoms with Gasteiger partial charge in [0, 0.05) is 25.3 Å². The lowest BCUT2D eigenvalue weighted by atomic mass is 10.1. The summed E-state index contributed by atoms with van der Waals surface area (Å²) in [7, 11) is -0.396. The Labute approximate surface area is 198 Å². The number of likely N-dealkylation sites (N-methyl/N-ethyl adjacent to an activating group) is 1. The number of alkyl halides is 2. The molecule has 0 aromatic heterocycles. The maximum atomic E-state index is 12.7. The molecule has 1 atom stereocenters. The molecule has 1 heterocycles. The monoisotopic (exact) mass is 497 g/mol. The second kappa shape index (κ2) is 11.1. The SMILES string of the molecule is COc1cc(CN(C)[C@H](C)C(=O)Nc2ccc(S(=O)(=O)N3CCCC3)cc2)ccc1OC(F)F. The van der Waals surface area contributed by atoms with Crippen LogP contribution in [0.15, 0.2) is 47.4 Å². The molecule has 0 bridgehead atoms. The van der Waals surface area contributed by atoms with Crippen molar-refractivity contribution >= 4 is 21.6 Å². The van der Waals surface area contributed by atoms with E-state index in [0.29, 0.717) is 25.3 Å². The molecular weight excluding hydrogens is 468 g/mol. The highest BCUT2D eigenvalue weighted by atomic mass is 32.2. The van der Waals surface area contributed by atoms with E-state index < -0.39 is 22.7 Å². The summed E-state index contributed by atoms with van der Waals surface area (Å²) in [4.78, 5) is 14.7. The van der Waals surface area contributed by atoms with E-state index in [2.05, 4.69) is 10.1 Å². The molecule has 1 saturated heterocycles. The van der Waals surface area contributed by atoms with Gasteiger partial charge in [0.2, 0.25) is 15.9 Å². The van der Waals surface area contributed by atoms with Gasteiger partial charge >= 0.3 is 6.61 Å². The van der Waals surface area contributed by atoms with E-state index in [1.807, 2.05) is 0 Å². The molecule has 0 aliphatic carbocycles. The molecule has 8 nitrogen and oxygen atoms in total. The van der Waals surface area contributed by atoms with Crippen LogP contribution in [0.25, 0.3) is 0 Å². The van der Waals surface area contributed by atoms with Crippen LogP contribution in [-0.2, 0) is 21.4 Å². The van der Waals surface area contributed by atoms with Crippen LogP contribution in [0.3, 0.4) is 0 Å². The first kappa shape index (κ1) is 25.9. The summed E-state index contributed by atoms with van der Waals surface area (Å²) in [5.74, 6) is -0.167. The maximum absolute atomic E-state index is 12.7. The number of sulfonamides is 1. The van der Waals surface area contributed by atoms with Gasteiger partial charge in [-0.25, -0.2) is 8.42 Å². The van der Waals surface area contributed by atoms with Crippen molar-refractivity contribution in [1.82, 2.24) is 9.21 Å². The van der Waals surface area contributed by atoms with Gasteiger partial charge in [0.05, 0.1) is 18.0 Å². The van der Waals surface area contributed by atoms with Gasteiger partial charge in [0.25, 0.3) is 0 Å². The Morgan fingerprint density at radius 1 is 1.12 bits per heavy atom. The summed E-state index contributed by atoms with van der Waals surface area (Å²) < 4.78 is 61.3. The molecule has 2 aromatic carbocycles. The third-order valence-corrected chi connectivity index (χ3v) is 7.65. The van der Waals surface area contributed by atoms with Gasteiger partial charge in [-0.15, -0.1) is 0 Å². The number of halogens is 2. The number of nitrogens with zero attached hydrogens (tertiary/aromatic N) is 2. The molecule has 1 N–H and O–H groups in total. The fourth-order valence-electron chi connectivity index (χ4n) is 3.66. The normalized spacial score (nSPS) is 15.5. The number of hydrogen-bond acceptors (Lipinski definition) is 6. The van der Waals surface area contributed by atoms with Gasteiger partial charge in [-0.3, -0.25) is 9.69 Å². The predicted molar refractivity (Wildman–Crippen MR) is 124 cm³/mol. The van der Waals surface area contributed by atoms with Crippen LogP contribution in [0.2, 0.25) is 0 Å². The van der Waals surface area contributed by atoms with Crippen molar-refractivity contribution in [3.8, 4) is 11.5 Å². The molecule has 186 valence electrons. The van der Waals surface area contributed by atoms with Crippen molar-refractivity contribution < 1.29 is 31.5 Å². The Balaban J connectivity index is 1.60. The number of methoxy groups -OCH3 is 1. The first-order chi connectivity index (χ1) is 16.1. The van der Waals surface area contributed by atoms with Crippen molar-refractivity contribution in [2.24, 2.45) is 0 Å². The van der Waals surface area contributed by atoms with Crippen LogP contribution in [0, 0.1) is 0 Å². The lowest BCUT2D eigenvalue weighted by Gasteiger charge is -2.24. The molecule has 1 amide bonds. The number of anilines is 1. The Morgan fingerprint density at radius 3 is 2.35 bits per heavy atom. The van der Waals surface area contributed by atoms with Gasteiger partial charge in [-0.05, 0) is 68.8 Å². The van der Waals surface area contributed by atoms with Gasteiger partial charge in [0.15, 0.2) is 11.5 Å². The summed E-state index contributed by atoms with van der Waals surface area (Å²) in [5, 5.41) is 2.79. The quantitative estimate of drug-likeness (QED) is 0.540. The molecule has 11 heteroatoms. The van der Waals surface area contributed by atoms with Crippen LogP contribution in [0.4, 0.5) is 14.5 Å². The van der Waals surface area contributed by atoms with Crippen molar-refractivity contribution in [1.29, 1.82) is 0 Å². The molecule has 0 saturated carbocycles. The summed E-state index contributed by atoms with van der Waals surface area (Å²) in [6.45, 7) is 0.178. The summed E-state index contributed by atoms with van der Waals surface area (Å²) in [6.07, 6.45) is 1.72. The zero-order valence-electron chi connectivity index (χ0n) is 19.3. The number of carbonyl (C=O) groups is 1. The van der Waals surface area contributed by atoms with Crippen molar-refractivity contribution in [3.05, 3.63) is 48.0 Å². The van der Waals surface area contributed by atoms with Crippen molar-refractivity contribution in [3.63, 3.8) is 0 Å². The summed E-state index contributed by atoms with van der Waals surface area (Å²) in [6, 6.07) is 10.2. The minimum absolute atomic E-state index is 0.0649. The second-order valence-electron chi connectivity index (χ2n) is 8.08. The van der Waals surface area contributed by atoms with Crippen LogP contribution in [-0.4, -0.2) is 63.4 Å². The Bertz CT molecular complexity index is 1090. The number of hydrogen-bond donors (Lipinski definition) is 1. The van der Waals surface area contributed by atoms with Crippen molar-refractivity contribution in [2.75, 3.05) is 32.6 Å². The Hall–Kier alpha value is -2.76. The topological polar surface area (TPSA) is 88.2 Å². The molecule has 2 aromatic rings. The molecule has 1 aliphatic rings. The van der Waals surface area contributed by atoms with Gasteiger partial charge in [0.1, 0.15) is 0 Å². The lowest BCUT2D eigenvalue weighted by molar-refractivity contribution is -0.120. The number of carbonyl (C=O) groups excluding carboxylic acids is 1. The predicted octanol–water partition coefficient (Wildman–Crippen LogP) is 3.54. The number of nitrogens with one attached hydrogen (secondary N) is 1. The summed E-state index contributed by atoms with van der Waals surface area (Å²) >= 11 is 0. The van der Waals surface area contributed by atoms with Gasteiger partial charge in [-0.1, -0.05) is 6.07 Å². The largest absolute Gasteiger partial charge is 0.493 e. The minimum atomic E-state index is -3.51. The third kappa shape index (κ3) is 6.22. The minimum Gasteiger partial charge on any atom is -0.493 e. The summed E-state index contributed by atoms with van der Waals surface area (Å²) in [5.41, 5.74) is 1.23. The molecule has 0 unspecified atom stereocenters.